The zero-order valence-corrected chi connectivity index (χ0v) is 31.9. The Bertz CT molecular complexity index is 3160. The normalized spacial score (nSPS) is 12.9. The molecule has 0 radical (unpaired) electrons. The van der Waals surface area contributed by atoms with Crippen LogP contribution in [0.3, 0.4) is 0 Å². The molecule has 1 heterocycles. The predicted octanol–water partition coefficient (Wildman–Crippen LogP) is 15.5. The molecule has 1 aliphatic rings. The van der Waals surface area contributed by atoms with Gasteiger partial charge in [0.05, 0.1) is 5.69 Å². The molecule has 1 aromatic heterocycles. The SMILES string of the molecule is CC1(C)c2ccccc2-c2c(-c3ccccc3N(c3ccc(-c4cccc5ccccc45)cc3)c3cccc(-c4cccc5c4oc4ccccc45)c3)cccc21. The Morgan fingerprint density at radius 2 is 1.02 bits per heavy atom. The fourth-order valence-electron chi connectivity index (χ4n) is 9.36. The molecule has 0 amide bonds. The lowest BCUT2D eigenvalue weighted by Gasteiger charge is -2.29. The predicted molar refractivity (Wildman–Crippen MR) is 240 cm³/mol. The molecular formula is C55H39NO. The third kappa shape index (κ3) is 5.25. The van der Waals surface area contributed by atoms with Crippen molar-refractivity contribution in [3.63, 3.8) is 0 Å². The van der Waals surface area contributed by atoms with Gasteiger partial charge in [0, 0.05) is 38.7 Å². The first-order valence-corrected chi connectivity index (χ1v) is 19.8. The van der Waals surface area contributed by atoms with Gasteiger partial charge in [0.25, 0.3) is 0 Å². The highest BCUT2D eigenvalue weighted by Gasteiger charge is 2.37. The van der Waals surface area contributed by atoms with E-state index in [1.807, 2.05) is 6.07 Å². The molecule has 1 aliphatic carbocycles. The second kappa shape index (κ2) is 13.0. The summed E-state index contributed by atoms with van der Waals surface area (Å²) in [4.78, 5) is 2.43. The van der Waals surface area contributed by atoms with Crippen LogP contribution in [0.1, 0.15) is 25.0 Å². The summed E-state index contributed by atoms with van der Waals surface area (Å²) in [6, 6.07) is 72.6. The summed E-state index contributed by atoms with van der Waals surface area (Å²) in [5.74, 6) is 0. The molecule has 2 nitrogen and oxygen atoms in total. The van der Waals surface area contributed by atoms with E-state index in [4.69, 9.17) is 4.42 Å². The lowest BCUT2D eigenvalue weighted by Crippen LogP contribution is -2.14. The summed E-state index contributed by atoms with van der Waals surface area (Å²) in [5.41, 5.74) is 17.4. The maximum atomic E-state index is 6.54. The minimum absolute atomic E-state index is 0.0972. The summed E-state index contributed by atoms with van der Waals surface area (Å²) < 4.78 is 6.54. The van der Waals surface area contributed by atoms with Gasteiger partial charge in [-0.3, -0.25) is 0 Å². The van der Waals surface area contributed by atoms with Crippen molar-refractivity contribution in [1.29, 1.82) is 0 Å². The van der Waals surface area contributed by atoms with Crippen LogP contribution in [0.5, 0.6) is 0 Å². The van der Waals surface area contributed by atoms with Crippen LogP contribution in [-0.2, 0) is 5.41 Å². The number of anilines is 3. The van der Waals surface area contributed by atoms with Crippen molar-refractivity contribution in [2.24, 2.45) is 0 Å². The van der Waals surface area contributed by atoms with Gasteiger partial charge in [-0.25, -0.2) is 0 Å². The Morgan fingerprint density at radius 1 is 0.404 bits per heavy atom. The fraction of sp³-hybridized carbons (Fsp3) is 0.0545. The van der Waals surface area contributed by atoms with Crippen molar-refractivity contribution < 1.29 is 4.42 Å². The van der Waals surface area contributed by atoms with E-state index in [-0.39, 0.29) is 5.41 Å². The monoisotopic (exact) mass is 729 g/mol. The number of rotatable bonds is 6. The van der Waals surface area contributed by atoms with Gasteiger partial charge in [0.1, 0.15) is 11.2 Å². The second-order valence-corrected chi connectivity index (χ2v) is 15.7. The number of benzene rings is 9. The lowest BCUT2D eigenvalue weighted by molar-refractivity contribution is 0.660. The van der Waals surface area contributed by atoms with Crippen LogP contribution in [-0.4, -0.2) is 0 Å². The number of furan rings is 1. The molecular weight excluding hydrogens is 691 g/mol. The molecule has 0 aliphatic heterocycles. The van der Waals surface area contributed by atoms with Crippen LogP contribution in [0.2, 0.25) is 0 Å². The highest BCUT2D eigenvalue weighted by atomic mass is 16.3. The smallest absolute Gasteiger partial charge is 0.143 e. The molecule has 0 saturated heterocycles. The van der Waals surface area contributed by atoms with Crippen molar-refractivity contribution in [1.82, 2.24) is 0 Å². The number of hydrogen-bond donors (Lipinski definition) is 0. The van der Waals surface area contributed by atoms with Crippen LogP contribution in [0.4, 0.5) is 17.1 Å². The van der Waals surface area contributed by atoms with Crippen LogP contribution in [0.25, 0.3) is 77.2 Å². The average molecular weight is 730 g/mol. The summed E-state index contributed by atoms with van der Waals surface area (Å²) in [6.45, 7) is 4.70. The highest BCUT2D eigenvalue weighted by Crippen LogP contribution is 2.54. The molecule has 0 unspecified atom stereocenters. The third-order valence-electron chi connectivity index (χ3n) is 12.1. The number of hydrogen-bond acceptors (Lipinski definition) is 2. The fourth-order valence-corrected chi connectivity index (χ4v) is 9.36. The lowest BCUT2D eigenvalue weighted by atomic mass is 9.82. The Hall–Kier alpha value is -7.16. The first-order valence-electron chi connectivity index (χ1n) is 19.8. The highest BCUT2D eigenvalue weighted by molar-refractivity contribution is 6.10. The zero-order valence-electron chi connectivity index (χ0n) is 31.9. The van der Waals surface area contributed by atoms with E-state index < -0.39 is 0 Å². The van der Waals surface area contributed by atoms with Crippen molar-refractivity contribution in [2.75, 3.05) is 4.90 Å². The molecule has 0 atom stereocenters. The molecule has 0 saturated carbocycles. The van der Waals surface area contributed by atoms with Crippen LogP contribution in [0.15, 0.2) is 205 Å². The minimum Gasteiger partial charge on any atom is -0.455 e. The van der Waals surface area contributed by atoms with Crippen molar-refractivity contribution >= 4 is 49.8 Å². The Morgan fingerprint density at radius 3 is 1.91 bits per heavy atom. The van der Waals surface area contributed by atoms with E-state index >= 15 is 0 Å². The standard InChI is InChI=1S/C55H39NO/c1-55(2)49-27-8-5-22-48(49)53-46(25-14-28-50(53)55)44-20-6-9-29-51(44)56(39-33-31-37(32-34-39)42-23-12-16-36-15-3-4-19-41(36)42)40-18-11-17-38(35-40)43-24-13-26-47-45-21-7-10-30-52(45)57-54(43)47/h3-35H,1-2H3. The topological polar surface area (TPSA) is 16.4 Å². The third-order valence-corrected chi connectivity index (χ3v) is 12.1. The molecule has 0 bridgehead atoms. The van der Waals surface area contributed by atoms with E-state index in [1.54, 1.807) is 0 Å². The molecule has 10 aromatic rings. The molecule has 0 fully saturated rings. The summed E-state index contributed by atoms with van der Waals surface area (Å²) in [6.07, 6.45) is 0. The molecule has 2 heteroatoms. The molecule has 0 spiro atoms. The molecule has 0 N–H and O–H groups in total. The van der Waals surface area contributed by atoms with Gasteiger partial charge < -0.3 is 9.32 Å². The Labute approximate surface area is 332 Å². The summed E-state index contributed by atoms with van der Waals surface area (Å²) >= 11 is 0. The van der Waals surface area contributed by atoms with Gasteiger partial charge in [-0.15, -0.1) is 0 Å². The largest absolute Gasteiger partial charge is 0.455 e. The van der Waals surface area contributed by atoms with E-state index in [1.165, 1.54) is 55.3 Å². The molecule has 57 heavy (non-hydrogen) atoms. The summed E-state index contributed by atoms with van der Waals surface area (Å²) in [7, 11) is 0. The van der Waals surface area contributed by atoms with Gasteiger partial charge in [0.15, 0.2) is 0 Å². The van der Waals surface area contributed by atoms with Gasteiger partial charge in [0.2, 0.25) is 0 Å². The second-order valence-electron chi connectivity index (χ2n) is 15.7. The zero-order chi connectivity index (χ0) is 38.1. The minimum atomic E-state index is -0.0972. The van der Waals surface area contributed by atoms with Crippen LogP contribution < -0.4 is 4.90 Å². The molecule has 270 valence electrons. The van der Waals surface area contributed by atoms with Crippen molar-refractivity contribution in [3.8, 4) is 44.5 Å². The Balaban J connectivity index is 1.12. The Kier molecular flexibility index (Phi) is 7.55. The van der Waals surface area contributed by atoms with Crippen molar-refractivity contribution in [2.45, 2.75) is 19.3 Å². The van der Waals surface area contributed by atoms with Gasteiger partial charge in [-0.2, -0.15) is 0 Å². The van der Waals surface area contributed by atoms with E-state index in [9.17, 15) is 0 Å². The number of nitrogens with zero attached hydrogens (tertiary/aromatic N) is 1. The quantitative estimate of drug-likeness (QED) is 0.169. The summed E-state index contributed by atoms with van der Waals surface area (Å²) in [5, 5.41) is 4.75. The van der Waals surface area contributed by atoms with Crippen molar-refractivity contribution in [3.05, 3.63) is 211 Å². The van der Waals surface area contributed by atoms with Gasteiger partial charge >= 0.3 is 0 Å². The average Bonchev–Trinajstić information content (AvgIpc) is 3.76. The molecule has 11 rings (SSSR count). The van der Waals surface area contributed by atoms with E-state index in [0.717, 1.165) is 50.1 Å². The maximum absolute atomic E-state index is 6.54. The number of fused-ring (bicyclic) bond motifs is 7. The molecule has 9 aromatic carbocycles. The first-order chi connectivity index (χ1) is 28.0. The van der Waals surface area contributed by atoms with Gasteiger partial charge in [-0.1, -0.05) is 178 Å². The van der Waals surface area contributed by atoms with Gasteiger partial charge in [-0.05, 0) is 91.7 Å². The van der Waals surface area contributed by atoms with Crippen LogP contribution >= 0.6 is 0 Å². The van der Waals surface area contributed by atoms with E-state index in [0.29, 0.717) is 0 Å². The van der Waals surface area contributed by atoms with Crippen LogP contribution in [0, 0.1) is 0 Å². The first kappa shape index (κ1) is 33.2. The van der Waals surface area contributed by atoms with E-state index in [2.05, 4.69) is 213 Å². The number of para-hydroxylation sites is 3. The maximum Gasteiger partial charge on any atom is 0.143 e.